The number of nitrogens with one attached hydrogen (secondary N) is 1. The number of hydrogen-bond donors (Lipinski definition) is 2. The van der Waals surface area contributed by atoms with Gasteiger partial charge in [0.1, 0.15) is 6.10 Å². The monoisotopic (exact) mass is 509 g/mol. The molecule has 0 aliphatic heterocycles. The molecule has 3 aromatic carbocycles. The highest BCUT2D eigenvalue weighted by atomic mass is 31.2. The summed E-state index contributed by atoms with van der Waals surface area (Å²) in [6.45, 7) is 2.85. The van der Waals surface area contributed by atoms with E-state index in [0.29, 0.717) is 32.6 Å². The maximum absolute atomic E-state index is 12.4. The average Bonchev–Trinajstić information content (AvgIpc) is 2.89. The van der Waals surface area contributed by atoms with Crippen molar-refractivity contribution in [3.05, 3.63) is 108 Å². The van der Waals surface area contributed by atoms with Crippen LogP contribution in [0.5, 0.6) is 0 Å². The number of ether oxygens (including phenoxy) is 2. The fraction of sp³-hybridized carbons (Fsp3) is 0.379. The molecule has 0 radical (unpaired) electrons. The number of benzene rings is 3. The van der Waals surface area contributed by atoms with E-state index in [9.17, 15) is 9.46 Å². The Morgan fingerprint density at radius 3 is 1.89 bits per heavy atom. The van der Waals surface area contributed by atoms with Gasteiger partial charge in [-0.15, -0.1) is 0 Å². The first-order chi connectivity index (χ1) is 17.5. The largest absolute Gasteiger partial charge is 0.373 e. The van der Waals surface area contributed by atoms with Gasteiger partial charge in [-0.3, -0.25) is 4.57 Å². The highest BCUT2D eigenvalue weighted by molar-refractivity contribution is 7.51. The third kappa shape index (κ3) is 8.67. The lowest BCUT2D eigenvalue weighted by molar-refractivity contribution is -0.117. The lowest BCUT2D eigenvalue weighted by Crippen LogP contribution is -2.55. The molecule has 1 fully saturated rings. The molecule has 2 N–H and O–H groups in total. The number of hydrogen-bond acceptors (Lipinski definition) is 5. The first-order valence-electron chi connectivity index (χ1n) is 12.5. The molecule has 0 spiro atoms. The minimum absolute atomic E-state index is 0.0741. The smallest absolute Gasteiger partial charge is 0.325 e. The highest BCUT2D eigenvalue weighted by Crippen LogP contribution is 2.43. The van der Waals surface area contributed by atoms with Gasteiger partial charge in [0.25, 0.3) is 0 Å². The van der Waals surface area contributed by atoms with Crippen LogP contribution < -0.4 is 5.32 Å². The lowest BCUT2D eigenvalue weighted by atomic mass is 9.87. The maximum atomic E-state index is 12.4. The third-order valence-electron chi connectivity index (χ3n) is 6.39. The summed E-state index contributed by atoms with van der Waals surface area (Å²) in [7, 11) is -3.74. The molecular weight excluding hydrogens is 473 g/mol. The van der Waals surface area contributed by atoms with E-state index in [0.717, 1.165) is 17.5 Å². The first kappa shape index (κ1) is 26.7. The first-order valence-corrected chi connectivity index (χ1v) is 14.6. The van der Waals surface area contributed by atoms with E-state index < -0.39 is 19.8 Å². The second-order valence-electron chi connectivity index (χ2n) is 9.39. The zero-order valence-electron chi connectivity index (χ0n) is 20.7. The fourth-order valence-corrected chi connectivity index (χ4v) is 5.38. The molecule has 0 amide bonds. The van der Waals surface area contributed by atoms with Crippen molar-refractivity contribution >= 4 is 7.60 Å². The molecule has 4 rings (SSSR count). The van der Waals surface area contributed by atoms with Gasteiger partial charge in [0.05, 0.1) is 25.4 Å². The normalized spacial score (nSPS) is 23.7. The Labute approximate surface area is 214 Å². The van der Waals surface area contributed by atoms with Gasteiger partial charge in [0.15, 0.2) is 0 Å². The van der Waals surface area contributed by atoms with Crippen LogP contribution >= 0.6 is 7.60 Å². The molecule has 1 unspecified atom stereocenters. The Morgan fingerprint density at radius 2 is 1.33 bits per heavy atom. The quantitative estimate of drug-likeness (QED) is 0.321. The van der Waals surface area contributed by atoms with Crippen LogP contribution in [0.3, 0.4) is 0 Å². The minimum atomic E-state index is -3.74. The van der Waals surface area contributed by atoms with Crippen LogP contribution in [0.2, 0.25) is 0 Å². The summed E-state index contributed by atoms with van der Waals surface area (Å²) in [5.74, 6) is 0. The van der Waals surface area contributed by atoms with Gasteiger partial charge in [-0.25, -0.2) is 0 Å². The van der Waals surface area contributed by atoms with Gasteiger partial charge in [-0.2, -0.15) is 0 Å². The van der Waals surface area contributed by atoms with Crippen molar-refractivity contribution in [1.29, 1.82) is 0 Å². The molecule has 7 heteroatoms. The standard InChI is InChI=1S/C29H36NO5P/c1-36(31,32)35-29-27(30-18-17-23-11-5-2-6-12-23)19-26(33-21-24-13-7-3-8-14-24)20-28(29)34-22-25-15-9-4-10-16-25/h2-16,26-30H,17-22H2,1H3,(H,31,32)/t26-,27+,28+,29-/m0/s1. The van der Waals surface area contributed by atoms with Crippen LogP contribution in [0.1, 0.15) is 29.5 Å². The Hall–Kier alpha value is -2.31. The van der Waals surface area contributed by atoms with Crippen LogP contribution in [-0.4, -0.2) is 42.5 Å². The molecule has 3 aromatic rings. The van der Waals surface area contributed by atoms with Crippen molar-refractivity contribution in [3.8, 4) is 0 Å². The van der Waals surface area contributed by atoms with Crippen molar-refractivity contribution < 1.29 is 23.5 Å². The molecule has 0 bridgehead atoms. The predicted octanol–water partition coefficient (Wildman–Crippen LogP) is 5.35. The molecule has 36 heavy (non-hydrogen) atoms. The lowest BCUT2D eigenvalue weighted by Gasteiger charge is -2.42. The van der Waals surface area contributed by atoms with Gasteiger partial charge in [0.2, 0.25) is 0 Å². The van der Waals surface area contributed by atoms with Crippen molar-refractivity contribution in [2.45, 2.75) is 56.8 Å². The maximum Gasteiger partial charge on any atom is 0.325 e. The Kier molecular flexibility index (Phi) is 9.88. The van der Waals surface area contributed by atoms with Crippen molar-refractivity contribution in [3.63, 3.8) is 0 Å². The molecular formula is C29H36NO5P. The van der Waals surface area contributed by atoms with Crippen molar-refractivity contribution in [1.82, 2.24) is 5.32 Å². The zero-order valence-corrected chi connectivity index (χ0v) is 21.6. The molecule has 5 atom stereocenters. The van der Waals surface area contributed by atoms with Gasteiger partial charge >= 0.3 is 7.60 Å². The zero-order chi connectivity index (χ0) is 25.2. The van der Waals surface area contributed by atoms with Crippen molar-refractivity contribution in [2.24, 2.45) is 0 Å². The predicted molar refractivity (Wildman–Crippen MR) is 142 cm³/mol. The summed E-state index contributed by atoms with van der Waals surface area (Å²) in [6.07, 6.45) is 1.06. The fourth-order valence-electron chi connectivity index (χ4n) is 4.64. The summed E-state index contributed by atoms with van der Waals surface area (Å²) in [4.78, 5) is 10.1. The minimum Gasteiger partial charge on any atom is -0.373 e. The van der Waals surface area contributed by atoms with Crippen LogP contribution in [-0.2, 0) is 38.2 Å². The van der Waals surface area contributed by atoms with Crippen LogP contribution in [0.15, 0.2) is 91.0 Å². The summed E-state index contributed by atoms with van der Waals surface area (Å²) in [5.41, 5.74) is 3.39. The van der Waals surface area contributed by atoms with E-state index >= 15 is 0 Å². The summed E-state index contributed by atoms with van der Waals surface area (Å²) >= 11 is 0. The molecule has 192 valence electrons. The molecule has 0 saturated heterocycles. The second kappa shape index (κ2) is 13.3. The summed E-state index contributed by atoms with van der Waals surface area (Å²) in [6, 6.07) is 30.1. The van der Waals surface area contributed by atoms with Crippen LogP contribution in [0, 0.1) is 0 Å². The second-order valence-corrected chi connectivity index (χ2v) is 11.2. The van der Waals surface area contributed by atoms with E-state index in [2.05, 4.69) is 17.4 Å². The molecule has 6 nitrogen and oxygen atoms in total. The van der Waals surface area contributed by atoms with Gasteiger partial charge in [0, 0.05) is 19.1 Å². The third-order valence-corrected chi connectivity index (χ3v) is 7.03. The summed E-state index contributed by atoms with van der Waals surface area (Å²) in [5, 5.41) is 3.58. The van der Waals surface area contributed by atoms with Crippen LogP contribution in [0.25, 0.3) is 0 Å². The SMILES string of the molecule is CP(=O)(O)O[C@H]1[C@H](NCCc2ccccc2)C[C@H](OCc2ccccc2)C[C@H]1OCc1ccccc1. The molecule has 1 aliphatic carbocycles. The molecule has 0 aromatic heterocycles. The Bertz CT molecular complexity index is 1080. The average molecular weight is 510 g/mol. The van der Waals surface area contributed by atoms with E-state index in [1.165, 1.54) is 12.2 Å². The Balaban J connectivity index is 1.48. The molecule has 1 saturated carbocycles. The van der Waals surface area contributed by atoms with Gasteiger partial charge in [-0.1, -0.05) is 91.0 Å². The van der Waals surface area contributed by atoms with E-state index in [1.54, 1.807) is 0 Å². The topological polar surface area (TPSA) is 77.0 Å². The van der Waals surface area contributed by atoms with Crippen molar-refractivity contribution in [2.75, 3.05) is 13.2 Å². The highest BCUT2D eigenvalue weighted by Gasteiger charge is 2.42. The van der Waals surface area contributed by atoms with E-state index in [1.807, 2.05) is 78.9 Å². The van der Waals surface area contributed by atoms with Gasteiger partial charge in [-0.05, 0) is 36.1 Å². The van der Waals surface area contributed by atoms with E-state index in [-0.39, 0.29) is 12.1 Å². The molecule has 1 aliphatic rings. The van der Waals surface area contributed by atoms with Crippen LogP contribution in [0.4, 0.5) is 0 Å². The van der Waals surface area contributed by atoms with E-state index in [4.69, 9.17) is 14.0 Å². The number of rotatable bonds is 12. The summed E-state index contributed by atoms with van der Waals surface area (Å²) < 4.78 is 30.8. The van der Waals surface area contributed by atoms with Gasteiger partial charge < -0.3 is 24.2 Å². The molecule has 0 heterocycles. The Morgan fingerprint density at radius 1 is 0.806 bits per heavy atom.